The number of rotatable bonds is 2. The Balaban J connectivity index is 1.51. The lowest BCUT2D eigenvalue weighted by Crippen LogP contribution is -2.53. The predicted octanol–water partition coefficient (Wildman–Crippen LogP) is 2.70. The van der Waals surface area contributed by atoms with Crippen molar-refractivity contribution in [3.63, 3.8) is 0 Å². The molecular formula is C16H22N2O2. The third-order valence-electron chi connectivity index (χ3n) is 4.66. The first kappa shape index (κ1) is 12.3. The maximum atomic E-state index is 5.81. The Hall–Kier alpha value is -1.42. The lowest BCUT2D eigenvalue weighted by molar-refractivity contribution is -0.0431. The van der Waals surface area contributed by atoms with E-state index in [1.165, 1.54) is 32.5 Å². The maximum Gasteiger partial charge on any atom is 0.246 e. The van der Waals surface area contributed by atoms with Gasteiger partial charge in [0, 0.05) is 38.2 Å². The molecule has 3 fully saturated rings. The standard InChI is InChI=1S/C16H22N2O2/c1-16(2)19-14-4-3-12(9-15(14)20-16)17-13-10-18-7-5-11(13)6-8-18/h3-4,9,11,13,17H,5-8,10H2,1-2H3. The fourth-order valence-electron chi connectivity index (χ4n) is 3.66. The summed E-state index contributed by atoms with van der Waals surface area (Å²) in [6, 6.07) is 6.75. The van der Waals surface area contributed by atoms with Crippen LogP contribution in [0.4, 0.5) is 5.69 Å². The molecule has 4 heterocycles. The number of piperidine rings is 3. The summed E-state index contributed by atoms with van der Waals surface area (Å²) < 4.78 is 11.5. The van der Waals surface area contributed by atoms with Crippen LogP contribution in [0.3, 0.4) is 0 Å². The molecule has 4 aliphatic rings. The highest BCUT2D eigenvalue weighted by molar-refractivity contribution is 5.56. The van der Waals surface area contributed by atoms with Crippen LogP contribution in [0.5, 0.6) is 11.5 Å². The molecule has 0 saturated carbocycles. The van der Waals surface area contributed by atoms with Crippen molar-refractivity contribution in [2.75, 3.05) is 25.0 Å². The number of fused-ring (bicyclic) bond motifs is 4. The van der Waals surface area contributed by atoms with Crippen LogP contribution in [-0.2, 0) is 0 Å². The Bertz CT molecular complexity index is 521. The number of nitrogens with zero attached hydrogens (tertiary/aromatic N) is 1. The summed E-state index contributed by atoms with van der Waals surface area (Å²) in [5.41, 5.74) is 1.14. The highest BCUT2D eigenvalue weighted by atomic mass is 16.7. The Morgan fingerprint density at radius 2 is 1.90 bits per heavy atom. The largest absolute Gasteiger partial charge is 0.449 e. The molecule has 0 spiro atoms. The van der Waals surface area contributed by atoms with Crippen molar-refractivity contribution in [3.05, 3.63) is 18.2 Å². The van der Waals surface area contributed by atoms with Crippen LogP contribution >= 0.6 is 0 Å². The van der Waals surface area contributed by atoms with Crippen LogP contribution in [0.1, 0.15) is 26.7 Å². The number of anilines is 1. The second kappa shape index (κ2) is 4.29. The fourth-order valence-corrected chi connectivity index (χ4v) is 3.66. The quantitative estimate of drug-likeness (QED) is 0.899. The minimum Gasteiger partial charge on any atom is -0.449 e. The molecule has 1 unspecified atom stereocenters. The summed E-state index contributed by atoms with van der Waals surface area (Å²) >= 11 is 0. The second-order valence-corrected chi connectivity index (χ2v) is 6.65. The molecule has 0 radical (unpaired) electrons. The average Bonchev–Trinajstić information content (AvgIpc) is 2.73. The summed E-state index contributed by atoms with van der Waals surface area (Å²) in [5, 5.41) is 3.69. The molecule has 0 amide bonds. The molecule has 1 aromatic carbocycles. The van der Waals surface area contributed by atoms with E-state index in [0.29, 0.717) is 6.04 Å². The van der Waals surface area contributed by atoms with Gasteiger partial charge in [-0.3, -0.25) is 0 Å². The van der Waals surface area contributed by atoms with Crippen molar-refractivity contribution in [2.24, 2.45) is 5.92 Å². The summed E-state index contributed by atoms with van der Waals surface area (Å²) in [6.07, 6.45) is 2.66. The van der Waals surface area contributed by atoms with Crippen LogP contribution in [0.2, 0.25) is 0 Å². The van der Waals surface area contributed by atoms with Gasteiger partial charge in [0.05, 0.1) is 0 Å². The van der Waals surface area contributed by atoms with Crippen LogP contribution in [0, 0.1) is 5.92 Å². The highest BCUT2D eigenvalue weighted by Gasteiger charge is 2.35. The first-order chi connectivity index (χ1) is 9.59. The molecule has 2 bridgehead atoms. The molecule has 1 atom stereocenters. The van der Waals surface area contributed by atoms with Gasteiger partial charge >= 0.3 is 0 Å². The number of ether oxygens (including phenoxy) is 2. The van der Waals surface area contributed by atoms with Gasteiger partial charge in [0.2, 0.25) is 5.79 Å². The van der Waals surface area contributed by atoms with Crippen molar-refractivity contribution < 1.29 is 9.47 Å². The number of hydrogen-bond acceptors (Lipinski definition) is 4. The molecule has 0 aromatic heterocycles. The Morgan fingerprint density at radius 3 is 2.60 bits per heavy atom. The summed E-state index contributed by atoms with van der Waals surface area (Å²) in [5.74, 6) is 1.97. The van der Waals surface area contributed by atoms with Crippen LogP contribution in [0.15, 0.2) is 18.2 Å². The number of benzene rings is 1. The van der Waals surface area contributed by atoms with E-state index >= 15 is 0 Å². The molecule has 4 nitrogen and oxygen atoms in total. The summed E-state index contributed by atoms with van der Waals surface area (Å²) in [4.78, 5) is 2.56. The maximum absolute atomic E-state index is 5.81. The minimum atomic E-state index is -0.545. The molecule has 0 aliphatic carbocycles. The van der Waals surface area contributed by atoms with Gasteiger partial charge in [0.25, 0.3) is 0 Å². The smallest absolute Gasteiger partial charge is 0.246 e. The van der Waals surface area contributed by atoms with Crippen LogP contribution < -0.4 is 14.8 Å². The molecular weight excluding hydrogens is 252 g/mol. The number of nitrogens with one attached hydrogen (secondary N) is 1. The third-order valence-corrected chi connectivity index (χ3v) is 4.66. The van der Waals surface area contributed by atoms with Crippen LogP contribution in [0.25, 0.3) is 0 Å². The highest BCUT2D eigenvalue weighted by Crippen LogP contribution is 2.41. The Kier molecular flexibility index (Phi) is 2.64. The molecule has 20 heavy (non-hydrogen) atoms. The van der Waals surface area contributed by atoms with E-state index in [2.05, 4.69) is 22.3 Å². The zero-order chi connectivity index (χ0) is 13.7. The van der Waals surface area contributed by atoms with Gasteiger partial charge in [-0.1, -0.05) is 0 Å². The van der Waals surface area contributed by atoms with Crippen molar-refractivity contribution in [2.45, 2.75) is 38.5 Å². The number of hydrogen-bond donors (Lipinski definition) is 1. The first-order valence-corrected chi connectivity index (χ1v) is 7.60. The van der Waals surface area contributed by atoms with E-state index in [1.54, 1.807) is 0 Å². The van der Waals surface area contributed by atoms with Crippen molar-refractivity contribution in [1.29, 1.82) is 0 Å². The van der Waals surface area contributed by atoms with E-state index < -0.39 is 5.79 Å². The van der Waals surface area contributed by atoms with E-state index in [9.17, 15) is 0 Å². The van der Waals surface area contributed by atoms with Crippen molar-refractivity contribution in [1.82, 2.24) is 4.90 Å². The fraction of sp³-hybridized carbons (Fsp3) is 0.625. The van der Waals surface area contributed by atoms with Gasteiger partial charge in [-0.05, 0) is 44.0 Å². The molecule has 1 N–H and O–H groups in total. The lowest BCUT2D eigenvalue weighted by Gasteiger charge is -2.45. The molecule has 4 aliphatic heterocycles. The van der Waals surface area contributed by atoms with Crippen molar-refractivity contribution in [3.8, 4) is 11.5 Å². The summed E-state index contributed by atoms with van der Waals surface area (Å²) in [7, 11) is 0. The monoisotopic (exact) mass is 274 g/mol. The first-order valence-electron chi connectivity index (χ1n) is 7.60. The van der Waals surface area contributed by atoms with Gasteiger partial charge in [-0.2, -0.15) is 0 Å². The van der Waals surface area contributed by atoms with Gasteiger partial charge in [-0.15, -0.1) is 0 Å². The van der Waals surface area contributed by atoms with E-state index in [0.717, 1.165) is 23.1 Å². The Morgan fingerprint density at radius 1 is 1.15 bits per heavy atom. The van der Waals surface area contributed by atoms with Gasteiger partial charge in [-0.25, -0.2) is 0 Å². The predicted molar refractivity (Wildman–Crippen MR) is 78.4 cm³/mol. The zero-order valence-corrected chi connectivity index (χ0v) is 12.2. The lowest BCUT2D eigenvalue weighted by atomic mass is 9.84. The van der Waals surface area contributed by atoms with Gasteiger partial charge in [0.1, 0.15) is 0 Å². The molecule has 3 saturated heterocycles. The van der Waals surface area contributed by atoms with Gasteiger partial charge in [0.15, 0.2) is 11.5 Å². The normalized spacial score (nSPS) is 33.2. The molecule has 108 valence electrons. The average molecular weight is 274 g/mol. The topological polar surface area (TPSA) is 33.7 Å². The zero-order valence-electron chi connectivity index (χ0n) is 12.2. The molecule has 5 rings (SSSR count). The third kappa shape index (κ3) is 2.12. The minimum absolute atomic E-state index is 0.545. The van der Waals surface area contributed by atoms with Crippen molar-refractivity contribution >= 4 is 5.69 Å². The summed E-state index contributed by atoms with van der Waals surface area (Å²) in [6.45, 7) is 7.60. The molecule has 1 aromatic rings. The molecule has 4 heteroatoms. The van der Waals surface area contributed by atoms with E-state index in [-0.39, 0.29) is 0 Å². The Labute approximate surface area is 120 Å². The van der Waals surface area contributed by atoms with Gasteiger partial charge < -0.3 is 19.7 Å². The van der Waals surface area contributed by atoms with E-state index in [4.69, 9.17) is 9.47 Å². The van der Waals surface area contributed by atoms with E-state index in [1.807, 2.05) is 19.9 Å². The second-order valence-electron chi connectivity index (χ2n) is 6.65. The van der Waals surface area contributed by atoms with Crippen LogP contribution in [-0.4, -0.2) is 36.4 Å². The SMILES string of the molecule is CC1(C)Oc2ccc(NC3CN4CCC3CC4)cc2O1.